The Morgan fingerprint density at radius 3 is 2.55 bits per heavy atom. The van der Waals surface area contributed by atoms with Gasteiger partial charge in [-0.25, -0.2) is 5.01 Å². The standard InChI is InChI=1S/C13H21N5OS/c1-9(2)19-12-11(15)10(8-14)20-13(12)16-18-6-4-17(3)5-7-18/h9,16H,4-7,15H2,1-3H3. The number of likely N-dealkylation sites (N-methyl/N-ethyl adjacent to an activating group) is 1. The molecule has 20 heavy (non-hydrogen) atoms. The Hall–Kier alpha value is -1.49. The largest absolute Gasteiger partial charge is 0.486 e. The van der Waals surface area contributed by atoms with E-state index in [9.17, 15) is 0 Å². The molecule has 0 bridgehead atoms. The van der Waals surface area contributed by atoms with Gasteiger partial charge in [-0.2, -0.15) is 5.26 Å². The predicted molar refractivity (Wildman–Crippen MR) is 81.9 cm³/mol. The fourth-order valence-corrected chi connectivity index (χ4v) is 2.88. The van der Waals surface area contributed by atoms with Gasteiger partial charge in [0.2, 0.25) is 0 Å². The van der Waals surface area contributed by atoms with Crippen molar-refractivity contribution in [1.82, 2.24) is 9.91 Å². The van der Waals surface area contributed by atoms with E-state index in [0.717, 1.165) is 31.2 Å². The summed E-state index contributed by atoms with van der Waals surface area (Å²) in [4.78, 5) is 2.78. The maximum absolute atomic E-state index is 9.11. The first-order valence-electron chi connectivity index (χ1n) is 6.70. The lowest BCUT2D eigenvalue weighted by Crippen LogP contribution is -2.46. The van der Waals surface area contributed by atoms with Gasteiger partial charge in [0.15, 0.2) is 5.75 Å². The zero-order chi connectivity index (χ0) is 14.7. The molecule has 1 aliphatic rings. The van der Waals surface area contributed by atoms with Gasteiger partial charge in [0.05, 0.1) is 6.10 Å². The normalized spacial score (nSPS) is 17.1. The van der Waals surface area contributed by atoms with E-state index < -0.39 is 0 Å². The van der Waals surface area contributed by atoms with E-state index in [-0.39, 0.29) is 6.10 Å². The van der Waals surface area contributed by atoms with E-state index in [0.29, 0.717) is 16.3 Å². The van der Waals surface area contributed by atoms with Crippen LogP contribution in [-0.2, 0) is 0 Å². The third kappa shape index (κ3) is 3.33. The molecule has 7 heteroatoms. The number of thiophene rings is 1. The summed E-state index contributed by atoms with van der Waals surface area (Å²) in [5.41, 5.74) is 9.76. The van der Waals surface area contributed by atoms with Crippen molar-refractivity contribution >= 4 is 22.0 Å². The van der Waals surface area contributed by atoms with Crippen LogP contribution in [0, 0.1) is 11.3 Å². The maximum Gasteiger partial charge on any atom is 0.179 e. The molecule has 0 spiro atoms. The molecule has 1 aromatic heterocycles. The Morgan fingerprint density at radius 1 is 1.35 bits per heavy atom. The Balaban J connectivity index is 2.16. The molecular formula is C13H21N5OS. The van der Waals surface area contributed by atoms with E-state index >= 15 is 0 Å². The average Bonchev–Trinajstić information content (AvgIpc) is 2.69. The van der Waals surface area contributed by atoms with Crippen molar-refractivity contribution in [3.63, 3.8) is 0 Å². The minimum atomic E-state index is 0.0199. The van der Waals surface area contributed by atoms with Gasteiger partial charge in [-0.05, 0) is 20.9 Å². The number of hydrogen-bond donors (Lipinski definition) is 2. The minimum absolute atomic E-state index is 0.0199. The van der Waals surface area contributed by atoms with Crippen LogP contribution in [0.3, 0.4) is 0 Å². The summed E-state index contributed by atoms with van der Waals surface area (Å²) < 4.78 is 5.76. The van der Waals surface area contributed by atoms with Crippen molar-refractivity contribution in [3.05, 3.63) is 4.88 Å². The first-order chi connectivity index (χ1) is 9.51. The minimum Gasteiger partial charge on any atom is -0.486 e. The second-order valence-corrected chi connectivity index (χ2v) is 6.20. The number of nitrogens with zero attached hydrogens (tertiary/aromatic N) is 3. The van der Waals surface area contributed by atoms with Crippen LogP contribution in [-0.4, -0.2) is 49.2 Å². The summed E-state index contributed by atoms with van der Waals surface area (Å²) >= 11 is 1.35. The van der Waals surface area contributed by atoms with Crippen molar-refractivity contribution in [1.29, 1.82) is 5.26 Å². The topological polar surface area (TPSA) is 77.5 Å². The molecule has 0 amide bonds. The molecule has 2 heterocycles. The van der Waals surface area contributed by atoms with Crippen molar-refractivity contribution in [2.24, 2.45) is 0 Å². The monoisotopic (exact) mass is 295 g/mol. The number of nitriles is 1. The number of ether oxygens (including phenoxy) is 1. The average molecular weight is 295 g/mol. The van der Waals surface area contributed by atoms with Gasteiger partial charge in [0, 0.05) is 26.2 Å². The number of piperazine rings is 1. The molecular weight excluding hydrogens is 274 g/mol. The third-order valence-electron chi connectivity index (χ3n) is 3.12. The van der Waals surface area contributed by atoms with Crippen molar-refractivity contribution in [2.45, 2.75) is 20.0 Å². The SMILES string of the molecule is CC(C)Oc1c(NN2CCN(C)CC2)sc(C#N)c1N. The second kappa shape index (κ2) is 6.31. The lowest BCUT2D eigenvalue weighted by Gasteiger charge is -2.32. The summed E-state index contributed by atoms with van der Waals surface area (Å²) in [6.45, 7) is 7.78. The van der Waals surface area contributed by atoms with Gasteiger partial charge >= 0.3 is 0 Å². The van der Waals surface area contributed by atoms with Crippen LogP contribution in [0.15, 0.2) is 0 Å². The van der Waals surface area contributed by atoms with Crippen LogP contribution in [0.25, 0.3) is 0 Å². The van der Waals surface area contributed by atoms with Gasteiger partial charge in [-0.15, -0.1) is 11.3 Å². The molecule has 3 N–H and O–H groups in total. The first kappa shape index (κ1) is 14.9. The number of hydrazine groups is 1. The van der Waals surface area contributed by atoms with Crippen molar-refractivity contribution < 1.29 is 4.74 Å². The third-order valence-corrected chi connectivity index (χ3v) is 4.11. The lowest BCUT2D eigenvalue weighted by atomic mass is 10.3. The number of rotatable bonds is 4. The number of nitrogen functional groups attached to an aromatic ring is 1. The predicted octanol–water partition coefficient (Wildman–Crippen LogP) is 1.56. The van der Waals surface area contributed by atoms with Crippen LogP contribution in [0.2, 0.25) is 0 Å². The Morgan fingerprint density at radius 2 is 2.00 bits per heavy atom. The number of hydrogen-bond acceptors (Lipinski definition) is 7. The summed E-state index contributed by atoms with van der Waals surface area (Å²) in [5, 5.41) is 12.1. The van der Waals surface area contributed by atoms with Crippen LogP contribution in [0.4, 0.5) is 10.7 Å². The highest BCUT2D eigenvalue weighted by molar-refractivity contribution is 7.17. The summed E-state index contributed by atoms with van der Waals surface area (Å²) in [5.74, 6) is 0.598. The second-order valence-electron chi connectivity index (χ2n) is 5.18. The van der Waals surface area contributed by atoms with Gasteiger partial charge in [-0.1, -0.05) is 0 Å². The Labute approximate surface area is 123 Å². The molecule has 1 saturated heterocycles. The van der Waals surface area contributed by atoms with Gasteiger partial charge < -0.3 is 20.8 Å². The molecule has 1 fully saturated rings. The van der Waals surface area contributed by atoms with Crippen molar-refractivity contribution in [2.75, 3.05) is 44.4 Å². The first-order valence-corrected chi connectivity index (χ1v) is 7.52. The number of anilines is 2. The molecule has 0 unspecified atom stereocenters. The van der Waals surface area contributed by atoms with Crippen LogP contribution in [0.1, 0.15) is 18.7 Å². The fourth-order valence-electron chi connectivity index (χ4n) is 2.00. The van der Waals surface area contributed by atoms with E-state index in [4.69, 9.17) is 15.7 Å². The lowest BCUT2D eigenvalue weighted by molar-refractivity contribution is 0.178. The van der Waals surface area contributed by atoms with Crippen molar-refractivity contribution in [3.8, 4) is 11.8 Å². The molecule has 0 aliphatic carbocycles. The molecule has 6 nitrogen and oxygen atoms in total. The zero-order valence-electron chi connectivity index (χ0n) is 12.1. The molecule has 1 aliphatic heterocycles. The van der Waals surface area contributed by atoms with Gasteiger partial charge in [0.25, 0.3) is 0 Å². The van der Waals surface area contributed by atoms with E-state index in [1.807, 2.05) is 13.8 Å². The van der Waals surface area contributed by atoms with E-state index in [1.165, 1.54) is 11.3 Å². The van der Waals surface area contributed by atoms with Gasteiger partial charge in [0.1, 0.15) is 21.6 Å². The molecule has 1 aromatic rings. The molecule has 110 valence electrons. The quantitative estimate of drug-likeness (QED) is 0.878. The van der Waals surface area contributed by atoms with Crippen LogP contribution < -0.4 is 15.9 Å². The maximum atomic E-state index is 9.11. The Kier molecular flexibility index (Phi) is 4.70. The summed E-state index contributed by atoms with van der Waals surface area (Å²) in [6.07, 6.45) is 0.0199. The summed E-state index contributed by atoms with van der Waals surface area (Å²) in [7, 11) is 2.11. The molecule has 0 saturated carbocycles. The van der Waals surface area contributed by atoms with Crippen LogP contribution >= 0.6 is 11.3 Å². The highest BCUT2D eigenvalue weighted by Gasteiger charge is 2.21. The van der Waals surface area contributed by atoms with Gasteiger partial charge in [-0.3, -0.25) is 0 Å². The number of nitrogens with one attached hydrogen (secondary N) is 1. The van der Waals surface area contributed by atoms with E-state index in [2.05, 4.69) is 28.5 Å². The number of nitrogens with two attached hydrogens (primary N) is 1. The van der Waals surface area contributed by atoms with Crippen LogP contribution in [0.5, 0.6) is 5.75 Å². The summed E-state index contributed by atoms with van der Waals surface area (Å²) in [6, 6.07) is 2.12. The molecule has 2 rings (SSSR count). The fraction of sp³-hybridized carbons (Fsp3) is 0.615. The highest BCUT2D eigenvalue weighted by Crippen LogP contribution is 2.43. The molecule has 0 radical (unpaired) electrons. The molecule has 0 aromatic carbocycles. The highest BCUT2D eigenvalue weighted by atomic mass is 32.1. The smallest absolute Gasteiger partial charge is 0.179 e. The molecule has 0 atom stereocenters. The van der Waals surface area contributed by atoms with E-state index in [1.54, 1.807) is 0 Å². The zero-order valence-corrected chi connectivity index (χ0v) is 13.0. The Bertz CT molecular complexity index is 500.